The Bertz CT molecular complexity index is 479. The largest absolute Gasteiger partial charge is 0.350 e. The monoisotopic (exact) mass is 294 g/mol. The van der Waals surface area contributed by atoms with Crippen molar-refractivity contribution in [3.05, 3.63) is 28.7 Å². The summed E-state index contributed by atoms with van der Waals surface area (Å²) in [4.78, 5) is 11.4. The molecule has 17 heavy (non-hydrogen) atoms. The van der Waals surface area contributed by atoms with E-state index in [-0.39, 0.29) is 5.71 Å². The van der Waals surface area contributed by atoms with Crippen molar-refractivity contribution in [3.63, 3.8) is 0 Å². The van der Waals surface area contributed by atoms with Crippen LogP contribution >= 0.6 is 15.9 Å². The molecule has 2 N–H and O–H groups in total. The van der Waals surface area contributed by atoms with Crippen LogP contribution in [-0.2, 0) is 4.79 Å². The summed E-state index contributed by atoms with van der Waals surface area (Å²) in [6.07, 6.45) is 0. The van der Waals surface area contributed by atoms with Crippen LogP contribution < -0.4 is 10.7 Å². The van der Waals surface area contributed by atoms with Crippen molar-refractivity contribution in [2.75, 3.05) is 12.0 Å². The van der Waals surface area contributed by atoms with Gasteiger partial charge in [-0.15, -0.1) is 0 Å². The lowest BCUT2D eigenvalue weighted by Crippen LogP contribution is -2.30. The lowest BCUT2D eigenvalue weighted by molar-refractivity contribution is -0.114. The fourth-order valence-electron chi connectivity index (χ4n) is 1.04. The van der Waals surface area contributed by atoms with E-state index in [9.17, 15) is 4.79 Å². The van der Waals surface area contributed by atoms with Crippen LogP contribution in [0.4, 0.5) is 5.69 Å². The van der Waals surface area contributed by atoms with E-state index in [1.165, 1.54) is 0 Å². The molecule has 1 rings (SSSR count). The minimum atomic E-state index is -0.491. The summed E-state index contributed by atoms with van der Waals surface area (Å²) in [5, 5.41) is 15.0. The molecule has 0 heterocycles. The summed E-state index contributed by atoms with van der Waals surface area (Å²) in [5.41, 5.74) is 3.14. The average molecular weight is 295 g/mol. The van der Waals surface area contributed by atoms with Crippen LogP contribution in [0, 0.1) is 11.3 Å². The molecule has 0 bridgehead atoms. The number of rotatable bonds is 4. The molecule has 0 unspecified atom stereocenters. The Labute approximate surface area is 108 Å². The summed E-state index contributed by atoms with van der Waals surface area (Å²) in [5.74, 6) is -0.491. The van der Waals surface area contributed by atoms with E-state index in [2.05, 4.69) is 31.8 Å². The van der Waals surface area contributed by atoms with E-state index in [4.69, 9.17) is 5.26 Å². The van der Waals surface area contributed by atoms with Gasteiger partial charge in [0.1, 0.15) is 6.07 Å². The number of amides is 1. The van der Waals surface area contributed by atoms with E-state index in [1.54, 1.807) is 19.1 Å². The number of hydrogen-bond acceptors (Lipinski definition) is 4. The molecule has 0 radical (unpaired) electrons. The van der Waals surface area contributed by atoms with Crippen molar-refractivity contribution in [2.45, 2.75) is 6.92 Å². The van der Waals surface area contributed by atoms with Crippen LogP contribution in [-0.4, -0.2) is 18.2 Å². The molecule has 0 fully saturated rings. The molecule has 0 aliphatic heterocycles. The number of carbonyl (C=O) groups excluding carboxylic acids is 1. The Morgan fingerprint density at radius 3 is 2.82 bits per heavy atom. The average Bonchev–Trinajstić information content (AvgIpc) is 2.32. The second-order valence-electron chi connectivity index (χ2n) is 3.02. The van der Waals surface area contributed by atoms with Crippen LogP contribution in [0.2, 0.25) is 0 Å². The summed E-state index contributed by atoms with van der Waals surface area (Å²) >= 11 is 3.32. The molecular weight excluding hydrogens is 284 g/mol. The quantitative estimate of drug-likeness (QED) is 0.657. The third kappa shape index (κ3) is 3.89. The number of nitriles is 1. The highest BCUT2D eigenvalue weighted by Crippen LogP contribution is 2.20. The third-order valence-corrected chi connectivity index (χ3v) is 2.51. The van der Waals surface area contributed by atoms with Gasteiger partial charge >= 0.3 is 0 Å². The van der Waals surface area contributed by atoms with Crippen LogP contribution in [0.15, 0.2) is 33.8 Å². The van der Waals surface area contributed by atoms with Gasteiger partial charge in [0.15, 0.2) is 0 Å². The first kappa shape index (κ1) is 13.2. The Kier molecular flexibility index (Phi) is 5.17. The minimum Gasteiger partial charge on any atom is -0.350 e. The minimum absolute atomic E-state index is 0.206. The standard InChI is InChI=1S/C11H11BrN4O/c1-2-14-11(17)10(7-13)16-15-9-6-4-3-5-8(9)12/h3-6,15H,2H2,1H3,(H,14,17). The normalized spacial score (nSPS) is 10.5. The molecule has 1 aromatic carbocycles. The lowest BCUT2D eigenvalue weighted by atomic mass is 10.3. The van der Waals surface area contributed by atoms with Crippen molar-refractivity contribution in [1.29, 1.82) is 5.26 Å². The Morgan fingerprint density at radius 2 is 2.24 bits per heavy atom. The van der Waals surface area contributed by atoms with Gasteiger partial charge in [-0.25, -0.2) is 0 Å². The summed E-state index contributed by atoms with van der Waals surface area (Å²) in [6.45, 7) is 2.22. The van der Waals surface area contributed by atoms with Gasteiger partial charge in [-0.3, -0.25) is 10.2 Å². The molecular formula is C11H11BrN4O. The Balaban J connectivity index is 2.79. The summed E-state index contributed by atoms with van der Waals surface area (Å²) in [6, 6.07) is 9.02. The SMILES string of the molecule is CCNC(=O)C(C#N)=NNc1ccccc1Br. The van der Waals surface area contributed by atoms with Crippen LogP contribution in [0.5, 0.6) is 0 Å². The van der Waals surface area contributed by atoms with Gasteiger partial charge in [-0.1, -0.05) is 12.1 Å². The number of hydrazone groups is 1. The number of para-hydroxylation sites is 1. The van der Waals surface area contributed by atoms with E-state index in [0.717, 1.165) is 4.47 Å². The van der Waals surface area contributed by atoms with Crippen molar-refractivity contribution in [1.82, 2.24) is 5.32 Å². The van der Waals surface area contributed by atoms with Gasteiger partial charge in [0, 0.05) is 11.0 Å². The Morgan fingerprint density at radius 1 is 1.53 bits per heavy atom. The van der Waals surface area contributed by atoms with Gasteiger partial charge in [0.05, 0.1) is 5.69 Å². The maximum Gasteiger partial charge on any atom is 0.282 e. The predicted molar refractivity (Wildman–Crippen MR) is 69.5 cm³/mol. The summed E-state index contributed by atoms with van der Waals surface area (Å²) < 4.78 is 0.803. The van der Waals surface area contributed by atoms with Crippen molar-refractivity contribution >= 4 is 33.2 Å². The molecule has 0 saturated heterocycles. The second kappa shape index (κ2) is 6.66. The number of nitrogens with zero attached hydrogens (tertiary/aromatic N) is 2. The zero-order valence-electron chi connectivity index (χ0n) is 9.20. The van der Waals surface area contributed by atoms with Gasteiger partial charge in [-0.2, -0.15) is 10.4 Å². The van der Waals surface area contributed by atoms with Crippen molar-refractivity contribution in [3.8, 4) is 6.07 Å². The van der Waals surface area contributed by atoms with Crippen LogP contribution in [0.3, 0.4) is 0 Å². The van der Waals surface area contributed by atoms with Gasteiger partial charge < -0.3 is 5.32 Å². The number of halogens is 1. The fraction of sp³-hybridized carbons (Fsp3) is 0.182. The molecule has 0 aromatic heterocycles. The molecule has 0 atom stereocenters. The van der Waals surface area contributed by atoms with E-state index in [1.807, 2.05) is 18.2 Å². The highest BCUT2D eigenvalue weighted by molar-refractivity contribution is 9.10. The third-order valence-electron chi connectivity index (χ3n) is 1.82. The first-order valence-corrected chi connectivity index (χ1v) is 5.74. The first-order valence-electron chi connectivity index (χ1n) is 4.95. The zero-order chi connectivity index (χ0) is 12.7. The molecule has 0 saturated carbocycles. The van der Waals surface area contributed by atoms with E-state index < -0.39 is 5.91 Å². The molecule has 1 amide bonds. The maximum atomic E-state index is 11.4. The highest BCUT2D eigenvalue weighted by Gasteiger charge is 2.09. The number of benzene rings is 1. The molecule has 5 nitrogen and oxygen atoms in total. The smallest absolute Gasteiger partial charge is 0.282 e. The number of carbonyl (C=O) groups is 1. The Hall–Kier alpha value is -1.87. The molecule has 88 valence electrons. The van der Waals surface area contributed by atoms with E-state index >= 15 is 0 Å². The number of hydrogen-bond donors (Lipinski definition) is 2. The number of nitrogens with one attached hydrogen (secondary N) is 2. The fourth-order valence-corrected chi connectivity index (χ4v) is 1.41. The van der Waals surface area contributed by atoms with Gasteiger partial charge in [0.25, 0.3) is 5.91 Å². The molecule has 0 aliphatic carbocycles. The van der Waals surface area contributed by atoms with E-state index in [0.29, 0.717) is 12.2 Å². The maximum absolute atomic E-state index is 11.4. The van der Waals surface area contributed by atoms with Crippen molar-refractivity contribution in [2.24, 2.45) is 5.10 Å². The topological polar surface area (TPSA) is 77.3 Å². The summed E-state index contributed by atoms with van der Waals surface area (Å²) in [7, 11) is 0. The second-order valence-corrected chi connectivity index (χ2v) is 3.88. The van der Waals surface area contributed by atoms with Crippen LogP contribution in [0.25, 0.3) is 0 Å². The van der Waals surface area contributed by atoms with Gasteiger partial charge in [-0.05, 0) is 35.0 Å². The van der Waals surface area contributed by atoms with Crippen LogP contribution in [0.1, 0.15) is 6.92 Å². The molecule has 0 spiro atoms. The van der Waals surface area contributed by atoms with Gasteiger partial charge in [0.2, 0.25) is 5.71 Å². The molecule has 6 heteroatoms. The first-order chi connectivity index (χ1) is 8.19. The molecule has 1 aromatic rings. The number of anilines is 1. The highest BCUT2D eigenvalue weighted by atomic mass is 79.9. The lowest BCUT2D eigenvalue weighted by Gasteiger charge is -2.03. The zero-order valence-corrected chi connectivity index (χ0v) is 10.8. The molecule has 0 aliphatic rings. The predicted octanol–water partition coefficient (Wildman–Crippen LogP) is 1.88. The van der Waals surface area contributed by atoms with Crippen molar-refractivity contribution < 1.29 is 4.79 Å².